The Labute approximate surface area is 130 Å². The minimum Gasteiger partial charge on any atom is -0.493 e. The summed E-state index contributed by atoms with van der Waals surface area (Å²) in [6, 6.07) is 3.16. The molecular weight excluding hydrogens is 294 g/mol. The van der Waals surface area contributed by atoms with Crippen molar-refractivity contribution in [2.45, 2.75) is 33.5 Å². The average molecular weight is 316 g/mol. The van der Waals surface area contributed by atoms with E-state index in [1.165, 1.54) is 7.11 Å². The second-order valence-corrected chi connectivity index (χ2v) is 5.59. The second-order valence-electron chi connectivity index (χ2n) is 5.15. The molecule has 5 nitrogen and oxygen atoms in total. The van der Waals surface area contributed by atoms with Crippen LogP contribution in [0.5, 0.6) is 11.5 Å². The number of amides is 1. The zero-order valence-electron chi connectivity index (χ0n) is 12.8. The first-order chi connectivity index (χ1) is 9.88. The summed E-state index contributed by atoms with van der Waals surface area (Å²) in [4.78, 5) is 12.0. The number of carbonyl (C=O) groups is 1. The Morgan fingerprint density at radius 1 is 1.38 bits per heavy atom. The molecule has 2 N–H and O–H groups in total. The van der Waals surface area contributed by atoms with Crippen LogP contribution < -0.4 is 14.8 Å². The van der Waals surface area contributed by atoms with Crippen LogP contribution in [0.1, 0.15) is 26.3 Å². The monoisotopic (exact) mass is 315 g/mol. The van der Waals surface area contributed by atoms with Crippen molar-refractivity contribution in [1.82, 2.24) is 5.32 Å². The molecule has 0 saturated heterocycles. The molecule has 0 radical (unpaired) electrons. The predicted octanol–water partition coefficient (Wildman–Crippen LogP) is 2.38. The highest BCUT2D eigenvalue weighted by Crippen LogP contribution is 2.35. The van der Waals surface area contributed by atoms with E-state index in [-0.39, 0.29) is 12.5 Å². The number of nitrogens with one attached hydrogen (secondary N) is 1. The molecule has 0 bridgehead atoms. The number of aliphatic hydroxyl groups excluding tert-OH is 1. The predicted molar refractivity (Wildman–Crippen MR) is 81.9 cm³/mol. The second kappa shape index (κ2) is 8.10. The number of rotatable bonds is 7. The van der Waals surface area contributed by atoms with E-state index in [9.17, 15) is 9.90 Å². The molecule has 0 fully saturated rings. The van der Waals surface area contributed by atoms with E-state index in [1.807, 2.05) is 13.8 Å². The van der Waals surface area contributed by atoms with E-state index in [1.54, 1.807) is 19.1 Å². The van der Waals surface area contributed by atoms with Gasteiger partial charge in [0.2, 0.25) is 0 Å². The first kappa shape index (κ1) is 17.6. The third kappa shape index (κ3) is 5.10. The van der Waals surface area contributed by atoms with Crippen LogP contribution in [0.25, 0.3) is 0 Å². The lowest BCUT2D eigenvalue weighted by Gasteiger charge is -2.19. The molecule has 6 heteroatoms. The molecule has 1 aromatic rings. The standard InChI is InChI=1S/C15H22ClNO4/c1-9(2)7-17-15(19)10(3)21-14-11(8-18)5-12(16)6-13(14)20-4/h5-6,9-10,18H,7-8H2,1-4H3,(H,17,19). The molecule has 0 aliphatic rings. The van der Waals surface area contributed by atoms with Crippen molar-refractivity contribution < 1.29 is 19.4 Å². The Morgan fingerprint density at radius 2 is 2.05 bits per heavy atom. The number of hydrogen-bond donors (Lipinski definition) is 2. The van der Waals surface area contributed by atoms with Crippen LogP contribution in [0.3, 0.4) is 0 Å². The molecule has 21 heavy (non-hydrogen) atoms. The van der Waals surface area contributed by atoms with E-state index in [2.05, 4.69) is 5.32 Å². The van der Waals surface area contributed by atoms with Gasteiger partial charge >= 0.3 is 0 Å². The van der Waals surface area contributed by atoms with Gasteiger partial charge in [-0.2, -0.15) is 0 Å². The largest absolute Gasteiger partial charge is 0.493 e. The van der Waals surface area contributed by atoms with Gasteiger partial charge in [0.25, 0.3) is 5.91 Å². The van der Waals surface area contributed by atoms with Crippen LogP contribution >= 0.6 is 11.6 Å². The van der Waals surface area contributed by atoms with Crippen molar-refractivity contribution in [2.24, 2.45) is 5.92 Å². The summed E-state index contributed by atoms with van der Waals surface area (Å²) in [5.41, 5.74) is 0.475. The maximum absolute atomic E-state index is 12.0. The van der Waals surface area contributed by atoms with Crippen LogP contribution in [0.4, 0.5) is 0 Å². The van der Waals surface area contributed by atoms with Crippen molar-refractivity contribution in [2.75, 3.05) is 13.7 Å². The fourth-order valence-electron chi connectivity index (χ4n) is 1.70. The Balaban J connectivity index is 2.88. The van der Waals surface area contributed by atoms with Gasteiger partial charge in [-0.25, -0.2) is 0 Å². The SMILES string of the molecule is COc1cc(Cl)cc(CO)c1OC(C)C(=O)NCC(C)C. The molecule has 118 valence electrons. The minimum atomic E-state index is -0.705. The van der Waals surface area contributed by atoms with Crippen molar-refractivity contribution in [1.29, 1.82) is 0 Å². The highest BCUT2D eigenvalue weighted by molar-refractivity contribution is 6.30. The van der Waals surface area contributed by atoms with Gasteiger partial charge in [0.15, 0.2) is 17.6 Å². The lowest BCUT2D eigenvalue weighted by Crippen LogP contribution is -2.38. The van der Waals surface area contributed by atoms with Gasteiger partial charge in [0.1, 0.15) is 0 Å². The molecule has 1 unspecified atom stereocenters. The molecule has 1 aromatic carbocycles. The van der Waals surface area contributed by atoms with Crippen LogP contribution in [-0.4, -0.2) is 30.8 Å². The Morgan fingerprint density at radius 3 is 2.57 bits per heavy atom. The van der Waals surface area contributed by atoms with E-state index in [0.29, 0.717) is 34.5 Å². The molecular formula is C15H22ClNO4. The van der Waals surface area contributed by atoms with Gasteiger partial charge < -0.3 is 19.9 Å². The van der Waals surface area contributed by atoms with Gasteiger partial charge in [-0.3, -0.25) is 4.79 Å². The zero-order valence-corrected chi connectivity index (χ0v) is 13.5. The molecule has 0 aliphatic heterocycles. The highest BCUT2D eigenvalue weighted by Gasteiger charge is 2.20. The Bertz CT molecular complexity index is 466. The van der Waals surface area contributed by atoms with E-state index >= 15 is 0 Å². The smallest absolute Gasteiger partial charge is 0.260 e. The maximum Gasteiger partial charge on any atom is 0.260 e. The number of halogens is 1. The number of benzene rings is 1. The molecule has 1 rings (SSSR count). The summed E-state index contributed by atoms with van der Waals surface area (Å²) in [6.07, 6.45) is -0.705. The molecule has 0 aromatic heterocycles. The summed E-state index contributed by atoms with van der Waals surface area (Å²) < 4.78 is 10.8. The lowest BCUT2D eigenvalue weighted by atomic mass is 10.2. The normalized spacial score (nSPS) is 12.1. The van der Waals surface area contributed by atoms with Gasteiger partial charge in [-0.1, -0.05) is 25.4 Å². The summed E-state index contributed by atoms with van der Waals surface area (Å²) in [5.74, 6) is 0.857. The molecule has 1 atom stereocenters. The fraction of sp³-hybridized carbons (Fsp3) is 0.533. The molecule has 0 heterocycles. The van der Waals surface area contributed by atoms with E-state index in [4.69, 9.17) is 21.1 Å². The molecule has 0 spiro atoms. The van der Waals surface area contributed by atoms with Gasteiger partial charge in [-0.05, 0) is 18.9 Å². The lowest BCUT2D eigenvalue weighted by molar-refractivity contribution is -0.127. The maximum atomic E-state index is 12.0. The van der Waals surface area contributed by atoms with Crippen LogP contribution in [0.15, 0.2) is 12.1 Å². The van der Waals surface area contributed by atoms with Crippen LogP contribution in [0, 0.1) is 5.92 Å². The summed E-state index contributed by atoms with van der Waals surface area (Å²) in [5, 5.41) is 12.6. The number of hydrogen-bond acceptors (Lipinski definition) is 4. The molecule has 0 saturated carbocycles. The fourth-order valence-corrected chi connectivity index (χ4v) is 1.94. The zero-order chi connectivity index (χ0) is 16.0. The van der Waals surface area contributed by atoms with Gasteiger partial charge in [0, 0.05) is 23.2 Å². The minimum absolute atomic E-state index is 0.218. The van der Waals surface area contributed by atoms with E-state index in [0.717, 1.165) is 0 Å². The van der Waals surface area contributed by atoms with Gasteiger partial charge in [-0.15, -0.1) is 0 Å². The summed E-state index contributed by atoms with van der Waals surface area (Å²) in [6.45, 7) is 5.99. The topological polar surface area (TPSA) is 67.8 Å². The van der Waals surface area contributed by atoms with Crippen molar-refractivity contribution in [3.63, 3.8) is 0 Å². The number of aliphatic hydroxyl groups is 1. The third-order valence-electron chi connectivity index (χ3n) is 2.84. The summed E-state index contributed by atoms with van der Waals surface area (Å²) >= 11 is 5.94. The van der Waals surface area contributed by atoms with Crippen molar-refractivity contribution >= 4 is 17.5 Å². The van der Waals surface area contributed by atoms with Crippen molar-refractivity contribution in [3.8, 4) is 11.5 Å². The van der Waals surface area contributed by atoms with Gasteiger partial charge in [0.05, 0.1) is 13.7 Å². The summed E-state index contributed by atoms with van der Waals surface area (Å²) in [7, 11) is 1.48. The Hall–Kier alpha value is -1.46. The average Bonchev–Trinajstić information content (AvgIpc) is 2.45. The number of carbonyl (C=O) groups excluding carboxylic acids is 1. The van der Waals surface area contributed by atoms with Crippen molar-refractivity contribution in [3.05, 3.63) is 22.7 Å². The third-order valence-corrected chi connectivity index (χ3v) is 3.05. The Kier molecular flexibility index (Phi) is 6.78. The van der Waals surface area contributed by atoms with Crippen LogP contribution in [0.2, 0.25) is 5.02 Å². The molecule has 0 aliphatic carbocycles. The number of ether oxygens (including phenoxy) is 2. The molecule has 1 amide bonds. The van der Waals surface area contributed by atoms with E-state index < -0.39 is 6.10 Å². The highest BCUT2D eigenvalue weighted by atomic mass is 35.5. The van der Waals surface area contributed by atoms with Crippen LogP contribution in [-0.2, 0) is 11.4 Å². The first-order valence-corrected chi connectivity index (χ1v) is 7.18. The quantitative estimate of drug-likeness (QED) is 0.810. The first-order valence-electron chi connectivity index (χ1n) is 6.80. The number of methoxy groups -OCH3 is 1.